The zero-order chi connectivity index (χ0) is 61.2. The van der Waals surface area contributed by atoms with Gasteiger partial charge >= 0.3 is 11.9 Å². The first-order valence-electron chi connectivity index (χ1n) is 26.0. The highest BCUT2D eigenvalue weighted by molar-refractivity contribution is 5.76. The fraction of sp³-hybridized carbons (Fsp3) is 0.935. The summed E-state index contributed by atoms with van der Waals surface area (Å²) in [7, 11) is 0. The summed E-state index contributed by atoms with van der Waals surface area (Å²) in [5.41, 5.74) is 0. The van der Waals surface area contributed by atoms with Crippen LogP contribution in [0.1, 0.15) is 33.6 Å². The number of nitrogens with one attached hydrogen (secondary N) is 1. The van der Waals surface area contributed by atoms with E-state index in [0.29, 0.717) is 0 Å². The van der Waals surface area contributed by atoms with Gasteiger partial charge in [-0.15, -0.1) is 0 Å². The molecule has 6 aliphatic rings. The molecule has 0 spiro atoms. The second-order valence-corrected chi connectivity index (χ2v) is 21.1. The number of aliphatic hydroxyl groups is 19. The smallest absolute Gasteiger partial charge is 0.364 e. The third-order valence-electron chi connectivity index (χ3n) is 15.6. The van der Waals surface area contributed by atoms with E-state index in [-0.39, 0.29) is 0 Å². The number of rotatable bonds is 23. The molecule has 0 aromatic heterocycles. The minimum Gasteiger partial charge on any atom is -0.477 e. The lowest BCUT2D eigenvalue weighted by Crippen LogP contribution is -2.71. The Morgan fingerprint density at radius 2 is 0.890 bits per heavy atom. The number of carboxylic acids is 2. The van der Waals surface area contributed by atoms with Crippen LogP contribution in [0, 0.1) is 11.8 Å². The van der Waals surface area contributed by atoms with Gasteiger partial charge in [0, 0.05) is 31.6 Å². The molecule has 82 heavy (non-hydrogen) atoms. The van der Waals surface area contributed by atoms with E-state index in [0.717, 1.165) is 6.92 Å². The van der Waals surface area contributed by atoms with Crippen LogP contribution in [0.5, 0.6) is 0 Å². The summed E-state index contributed by atoms with van der Waals surface area (Å²) in [5, 5.41) is 228. The summed E-state index contributed by atoms with van der Waals surface area (Å²) in [6.07, 6.45) is -58.9. The normalized spacial score (nSPS) is 47.2. The zero-order valence-corrected chi connectivity index (χ0v) is 44.1. The maximum atomic E-state index is 13.5. The first-order valence-corrected chi connectivity index (χ1v) is 26.0. The molecule has 476 valence electrons. The van der Waals surface area contributed by atoms with Gasteiger partial charge in [0.15, 0.2) is 25.2 Å². The van der Waals surface area contributed by atoms with Crippen molar-refractivity contribution < 1.29 is 174 Å². The number of hydrogen-bond donors (Lipinski definition) is 22. The highest BCUT2D eigenvalue weighted by Gasteiger charge is 2.63. The highest BCUT2D eigenvalue weighted by Crippen LogP contribution is 2.43. The Kier molecular flexibility index (Phi) is 23.6. The standard InChI is InChI=1S/C46H77NO35/c1-12-15(55)4-45(43(68)69,79-32(12)24(59)17(57)6-48)81-37-27(62)20(9-51)74-41(30(37)65)78-36-23(47-14(3)54)40(73-19(8-50)26(36)61)77-35-22(11-53)75-42(76-34-21(10-52)72-39(67)29(64)28(34)63)31(66)38(35)82-46(44(70)71)5-16(56)13(2)33(80-46)25(60)18(58)7-49/h12-13,15-42,48-53,55-67H,4-11H2,1-3H3,(H,47,54)(H,68,69)(H,70,71)/t12-,13-,15?,16?,17-,18-,19?,20?,21?,22?,23?,24-,25+,26+,27+,28-,29?,30?,31?,32-,33-,34-,35+,36-,37+,38-,39?,40+,41+,42+,45+,46+/m1/s1. The number of amides is 1. The van der Waals surface area contributed by atoms with Crippen molar-refractivity contribution in [2.45, 2.75) is 217 Å². The van der Waals surface area contributed by atoms with Crippen LogP contribution in [-0.4, -0.2) is 348 Å². The zero-order valence-electron chi connectivity index (χ0n) is 44.1. The van der Waals surface area contributed by atoms with E-state index in [1.165, 1.54) is 13.8 Å². The molecule has 6 heterocycles. The SMILES string of the molecule is CC(=O)NC1[C@H](O[C@H]2C(CO)O[C@@H](O[C@@H]3C(CO)OC(O)C(O)[C@H]3O)C(O)[C@H]2O[C@]2(C(=O)O)CC(O)[C@@H](C)[C@H]([C@@H](O)[C@H](O)CO)O2)OC(CO)[C@H](O)[C@@H]1O[C@@H]1OC(CO)[C@H](O)[C@H](O[C@]2(C(=O)O)CC(O)[C@@H](C)[C@H]([C@H](O)[C@H](O)CO)O2)C1O. The predicted molar refractivity (Wildman–Crippen MR) is 251 cm³/mol. The third kappa shape index (κ3) is 14.0. The van der Waals surface area contributed by atoms with E-state index < -0.39 is 265 Å². The van der Waals surface area contributed by atoms with E-state index in [1.807, 2.05) is 0 Å². The molecular formula is C46H77NO35. The van der Waals surface area contributed by atoms with Crippen LogP contribution in [0.2, 0.25) is 0 Å². The monoisotopic (exact) mass is 1200 g/mol. The van der Waals surface area contributed by atoms with Gasteiger partial charge in [0.05, 0.1) is 64.1 Å². The van der Waals surface area contributed by atoms with Gasteiger partial charge < -0.3 is 165 Å². The number of ether oxygens (including phenoxy) is 11. The molecule has 0 saturated carbocycles. The number of hydrogen-bond acceptors (Lipinski definition) is 33. The minimum atomic E-state index is -3.26. The van der Waals surface area contributed by atoms with Crippen LogP contribution in [0.3, 0.4) is 0 Å². The molecule has 0 aliphatic carbocycles. The molecule has 22 N–H and O–H groups in total. The van der Waals surface area contributed by atoms with Gasteiger partial charge in [0.25, 0.3) is 11.6 Å². The van der Waals surface area contributed by atoms with Gasteiger partial charge in [-0.25, -0.2) is 9.59 Å². The molecular weight excluding hydrogens is 1130 g/mol. The van der Waals surface area contributed by atoms with Gasteiger partial charge in [-0.05, 0) is 0 Å². The van der Waals surface area contributed by atoms with Crippen LogP contribution in [0.4, 0.5) is 0 Å². The quantitative estimate of drug-likeness (QED) is 0.0452. The summed E-state index contributed by atoms with van der Waals surface area (Å²) in [4.78, 5) is 39.6. The number of aliphatic hydroxyl groups excluding tert-OH is 19. The molecule has 32 atom stereocenters. The Balaban J connectivity index is 1.40. The fourth-order valence-corrected chi connectivity index (χ4v) is 10.7. The van der Waals surface area contributed by atoms with Crippen molar-refractivity contribution in [3.8, 4) is 0 Å². The van der Waals surface area contributed by atoms with Crippen molar-refractivity contribution in [1.29, 1.82) is 0 Å². The van der Waals surface area contributed by atoms with Crippen LogP contribution < -0.4 is 5.32 Å². The average molecular weight is 1200 g/mol. The van der Waals surface area contributed by atoms with Crippen molar-refractivity contribution in [1.82, 2.24) is 5.32 Å². The summed E-state index contributed by atoms with van der Waals surface area (Å²) >= 11 is 0. The Bertz CT molecular complexity index is 2070. The second-order valence-electron chi connectivity index (χ2n) is 21.1. The Labute approximate surface area is 464 Å². The van der Waals surface area contributed by atoms with Crippen LogP contribution in [0.15, 0.2) is 0 Å². The Morgan fingerprint density at radius 1 is 0.500 bits per heavy atom. The molecule has 0 aromatic rings. The molecule has 36 heteroatoms. The average Bonchev–Trinajstić information content (AvgIpc) is 2.66. The molecule has 0 aromatic carbocycles. The lowest BCUT2D eigenvalue weighted by Gasteiger charge is -2.53. The predicted octanol–water partition coefficient (Wildman–Crippen LogP) is -13.0. The van der Waals surface area contributed by atoms with Gasteiger partial charge in [0.1, 0.15) is 122 Å². The van der Waals surface area contributed by atoms with E-state index in [2.05, 4.69) is 5.32 Å². The molecule has 0 bridgehead atoms. The fourth-order valence-electron chi connectivity index (χ4n) is 10.7. The van der Waals surface area contributed by atoms with Crippen LogP contribution >= 0.6 is 0 Å². The van der Waals surface area contributed by atoms with Gasteiger partial charge in [-0.1, -0.05) is 13.8 Å². The first-order chi connectivity index (χ1) is 38.5. The molecule has 6 aliphatic heterocycles. The van der Waals surface area contributed by atoms with Gasteiger partial charge in [-0.2, -0.15) is 0 Å². The van der Waals surface area contributed by atoms with Crippen molar-refractivity contribution in [3.63, 3.8) is 0 Å². The van der Waals surface area contributed by atoms with Crippen LogP contribution in [-0.2, 0) is 66.5 Å². The summed E-state index contributed by atoms with van der Waals surface area (Å²) in [6.45, 7) is -3.37. The largest absolute Gasteiger partial charge is 0.477 e. The number of carbonyl (C=O) groups excluding carboxylic acids is 1. The van der Waals surface area contributed by atoms with Crippen molar-refractivity contribution in [2.75, 3.05) is 39.6 Å². The van der Waals surface area contributed by atoms with E-state index in [9.17, 15) is 122 Å². The molecule has 6 fully saturated rings. The van der Waals surface area contributed by atoms with E-state index >= 15 is 0 Å². The molecule has 0 radical (unpaired) electrons. The van der Waals surface area contributed by atoms with Crippen molar-refractivity contribution in [3.05, 3.63) is 0 Å². The Morgan fingerprint density at radius 3 is 1.33 bits per heavy atom. The number of carboxylic acid groups (broad SMARTS) is 2. The lowest BCUT2D eigenvalue weighted by atomic mass is 9.84. The van der Waals surface area contributed by atoms with Crippen molar-refractivity contribution >= 4 is 17.8 Å². The van der Waals surface area contributed by atoms with Crippen molar-refractivity contribution in [2.24, 2.45) is 11.8 Å². The first kappa shape index (κ1) is 68.3. The topological polar surface area (TPSA) is 590 Å². The molecule has 36 nitrogen and oxygen atoms in total. The van der Waals surface area contributed by atoms with E-state index in [4.69, 9.17) is 52.1 Å². The van der Waals surface area contributed by atoms with Crippen LogP contribution in [0.25, 0.3) is 0 Å². The second kappa shape index (κ2) is 28.4. The molecule has 1 amide bonds. The maximum Gasteiger partial charge on any atom is 0.364 e. The highest BCUT2D eigenvalue weighted by atomic mass is 16.8. The number of aliphatic carboxylic acids is 2. The van der Waals surface area contributed by atoms with Gasteiger partial charge in [-0.3, -0.25) is 4.79 Å². The van der Waals surface area contributed by atoms with E-state index in [1.54, 1.807) is 0 Å². The summed E-state index contributed by atoms with van der Waals surface area (Å²) < 4.78 is 63.8. The lowest BCUT2D eigenvalue weighted by molar-refractivity contribution is -0.405. The maximum absolute atomic E-state index is 13.5. The van der Waals surface area contributed by atoms with Gasteiger partial charge in [0.2, 0.25) is 5.91 Å². The minimum absolute atomic E-state index is 0.903. The summed E-state index contributed by atoms with van der Waals surface area (Å²) in [5.74, 6) is -13.9. The number of carbonyl (C=O) groups is 3. The molecule has 6 saturated heterocycles. The Hall–Kier alpha value is -2.79. The summed E-state index contributed by atoms with van der Waals surface area (Å²) in [6, 6.07) is -2.03. The molecule has 11 unspecified atom stereocenters. The molecule has 6 rings (SSSR count). The third-order valence-corrected chi connectivity index (χ3v) is 15.6.